The lowest BCUT2D eigenvalue weighted by atomic mass is 10.1. The summed E-state index contributed by atoms with van der Waals surface area (Å²) in [7, 11) is 5.10. The van der Waals surface area contributed by atoms with Gasteiger partial charge in [-0.1, -0.05) is 24.3 Å². The van der Waals surface area contributed by atoms with E-state index in [1.165, 1.54) is 5.56 Å². The molecular formula is C21H29N3O3. The van der Waals surface area contributed by atoms with Gasteiger partial charge in [-0.2, -0.15) is 0 Å². The summed E-state index contributed by atoms with van der Waals surface area (Å²) >= 11 is 0. The molecule has 0 bridgehead atoms. The standard InChI is InChI=1S/C21H29N3O3/c1-5-27-19-11-10-16(14-20(19)26-4)15-24-21(22-2)23-13-12-17-8-6-7-9-18(17)25-3/h6-11,14H,5,12-13,15H2,1-4H3,(H2,22,23,24). The number of guanidine groups is 1. The Morgan fingerprint density at radius 3 is 2.44 bits per heavy atom. The number of hydrogen-bond donors (Lipinski definition) is 2. The zero-order valence-corrected chi connectivity index (χ0v) is 16.5. The van der Waals surface area contributed by atoms with Crippen LogP contribution in [-0.4, -0.2) is 40.4 Å². The molecule has 0 aliphatic carbocycles. The van der Waals surface area contributed by atoms with E-state index in [4.69, 9.17) is 14.2 Å². The number of para-hydroxylation sites is 1. The molecule has 0 aliphatic rings. The highest BCUT2D eigenvalue weighted by Gasteiger charge is 2.06. The lowest BCUT2D eigenvalue weighted by Crippen LogP contribution is -2.37. The van der Waals surface area contributed by atoms with Gasteiger partial charge in [0.1, 0.15) is 5.75 Å². The molecule has 6 nitrogen and oxygen atoms in total. The molecule has 0 radical (unpaired) electrons. The van der Waals surface area contributed by atoms with Gasteiger partial charge in [0, 0.05) is 20.1 Å². The summed E-state index contributed by atoms with van der Waals surface area (Å²) in [6.07, 6.45) is 0.849. The van der Waals surface area contributed by atoms with Crippen LogP contribution in [0.3, 0.4) is 0 Å². The first-order valence-corrected chi connectivity index (χ1v) is 9.08. The third-order valence-corrected chi connectivity index (χ3v) is 4.09. The van der Waals surface area contributed by atoms with Gasteiger partial charge in [0.15, 0.2) is 17.5 Å². The molecule has 0 atom stereocenters. The molecule has 0 fully saturated rings. The van der Waals surface area contributed by atoms with E-state index in [0.29, 0.717) is 13.2 Å². The van der Waals surface area contributed by atoms with Crippen LogP contribution in [0.2, 0.25) is 0 Å². The number of hydrogen-bond acceptors (Lipinski definition) is 4. The molecule has 2 aromatic carbocycles. The summed E-state index contributed by atoms with van der Waals surface area (Å²) in [6, 6.07) is 14.0. The van der Waals surface area contributed by atoms with Crippen molar-refractivity contribution in [2.24, 2.45) is 4.99 Å². The molecule has 0 saturated carbocycles. The number of methoxy groups -OCH3 is 2. The number of aliphatic imine (C=N–C) groups is 1. The minimum atomic E-state index is 0.608. The number of nitrogens with one attached hydrogen (secondary N) is 2. The quantitative estimate of drug-likeness (QED) is 0.524. The van der Waals surface area contributed by atoms with Gasteiger partial charge in [-0.25, -0.2) is 0 Å². The predicted molar refractivity (Wildman–Crippen MR) is 109 cm³/mol. The Morgan fingerprint density at radius 2 is 1.74 bits per heavy atom. The Hall–Kier alpha value is -2.89. The Kier molecular flexibility index (Phi) is 8.29. The zero-order chi connectivity index (χ0) is 19.5. The summed E-state index contributed by atoms with van der Waals surface area (Å²) in [5.74, 6) is 3.14. The highest BCUT2D eigenvalue weighted by Crippen LogP contribution is 2.27. The maximum atomic E-state index is 5.55. The molecule has 0 heterocycles. The van der Waals surface area contributed by atoms with Gasteiger partial charge in [-0.3, -0.25) is 4.99 Å². The Balaban J connectivity index is 1.86. The van der Waals surface area contributed by atoms with Crippen molar-refractivity contribution in [2.45, 2.75) is 19.9 Å². The van der Waals surface area contributed by atoms with Gasteiger partial charge in [-0.15, -0.1) is 0 Å². The van der Waals surface area contributed by atoms with Crippen LogP contribution in [0, 0.1) is 0 Å². The minimum Gasteiger partial charge on any atom is -0.496 e. The molecule has 146 valence electrons. The molecule has 2 aromatic rings. The first-order valence-electron chi connectivity index (χ1n) is 9.08. The maximum absolute atomic E-state index is 5.55. The van der Waals surface area contributed by atoms with Gasteiger partial charge in [-0.05, 0) is 42.7 Å². The molecule has 0 amide bonds. The SMILES string of the molecule is CCOc1ccc(CNC(=NC)NCCc2ccccc2OC)cc1OC. The maximum Gasteiger partial charge on any atom is 0.191 e. The summed E-state index contributed by atoms with van der Waals surface area (Å²) < 4.78 is 16.3. The van der Waals surface area contributed by atoms with Gasteiger partial charge in [0.25, 0.3) is 0 Å². The van der Waals surface area contributed by atoms with E-state index in [0.717, 1.165) is 41.7 Å². The third-order valence-electron chi connectivity index (χ3n) is 4.09. The second-order valence-corrected chi connectivity index (χ2v) is 5.83. The van der Waals surface area contributed by atoms with Crippen LogP contribution in [0.4, 0.5) is 0 Å². The number of ether oxygens (including phenoxy) is 3. The van der Waals surface area contributed by atoms with E-state index in [2.05, 4.69) is 21.7 Å². The molecule has 0 aliphatic heterocycles. The van der Waals surface area contributed by atoms with E-state index in [9.17, 15) is 0 Å². The monoisotopic (exact) mass is 371 g/mol. The zero-order valence-electron chi connectivity index (χ0n) is 16.5. The lowest BCUT2D eigenvalue weighted by molar-refractivity contribution is 0.310. The minimum absolute atomic E-state index is 0.608. The van der Waals surface area contributed by atoms with Gasteiger partial charge < -0.3 is 24.8 Å². The summed E-state index contributed by atoms with van der Waals surface area (Å²) in [4.78, 5) is 4.27. The summed E-state index contributed by atoms with van der Waals surface area (Å²) in [5, 5.41) is 6.64. The lowest BCUT2D eigenvalue weighted by Gasteiger charge is -2.14. The highest BCUT2D eigenvalue weighted by atomic mass is 16.5. The van der Waals surface area contributed by atoms with Crippen molar-refractivity contribution >= 4 is 5.96 Å². The van der Waals surface area contributed by atoms with Crippen molar-refractivity contribution in [1.29, 1.82) is 0 Å². The van der Waals surface area contributed by atoms with Gasteiger partial charge in [0.05, 0.1) is 20.8 Å². The second-order valence-electron chi connectivity index (χ2n) is 5.83. The molecule has 2 N–H and O–H groups in total. The van der Waals surface area contributed by atoms with Crippen LogP contribution >= 0.6 is 0 Å². The second kappa shape index (κ2) is 11.0. The van der Waals surface area contributed by atoms with Crippen molar-refractivity contribution in [2.75, 3.05) is 34.4 Å². The Morgan fingerprint density at radius 1 is 0.963 bits per heavy atom. The molecule has 0 saturated heterocycles. The van der Waals surface area contributed by atoms with Crippen molar-refractivity contribution in [1.82, 2.24) is 10.6 Å². The van der Waals surface area contributed by atoms with E-state index in [1.807, 2.05) is 43.3 Å². The highest BCUT2D eigenvalue weighted by molar-refractivity contribution is 5.79. The average molecular weight is 371 g/mol. The Labute approximate surface area is 161 Å². The molecular weight excluding hydrogens is 342 g/mol. The van der Waals surface area contributed by atoms with E-state index in [-0.39, 0.29) is 0 Å². The first kappa shape index (κ1) is 20.4. The molecule has 0 unspecified atom stereocenters. The fourth-order valence-corrected chi connectivity index (χ4v) is 2.73. The fourth-order valence-electron chi connectivity index (χ4n) is 2.73. The van der Waals surface area contributed by atoms with Crippen LogP contribution in [0.1, 0.15) is 18.1 Å². The van der Waals surface area contributed by atoms with Crippen LogP contribution in [-0.2, 0) is 13.0 Å². The third kappa shape index (κ3) is 6.09. The van der Waals surface area contributed by atoms with Crippen LogP contribution in [0.15, 0.2) is 47.5 Å². The molecule has 0 aromatic heterocycles. The van der Waals surface area contributed by atoms with E-state index >= 15 is 0 Å². The Bertz CT molecular complexity index is 747. The largest absolute Gasteiger partial charge is 0.496 e. The number of nitrogens with zero attached hydrogens (tertiary/aromatic N) is 1. The van der Waals surface area contributed by atoms with Crippen molar-refractivity contribution in [3.8, 4) is 17.2 Å². The van der Waals surface area contributed by atoms with Crippen molar-refractivity contribution < 1.29 is 14.2 Å². The number of benzene rings is 2. The topological polar surface area (TPSA) is 64.1 Å². The summed E-state index contributed by atoms with van der Waals surface area (Å²) in [6.45, 7) is 3.95. The number of rotatable bonds is 9. The molecule has 27 heavy (non-hydrogen) atoms. The predicted octanol–water partition coefficient (Wildman–Crippen LogP) is 3.01. The van der Waals surface area contributed by atoms with Gasteiger partial charge in [0.2, 0.25) is 0 Å². The van der Waals surface area contributed by atoms with E-state index < -0.39 is 0 Å². The van der Waals surface area contributed by atoms with Gasteiger partial charge >= 0.3 is 0 Å². The van der Waals surface area contributed by atoms with Crippen LogP contribution < -0.4 is 24.8 Å². The van der Waals surface area contributed by atoms with E-state index in [1.54, 1.807) is 21.3 Å². The summed E-state index contributed by atoms with van der Waals surface area (Å²) in [5.41, 5.74) is 2.25. The average Bonchev–Trinajstić information content (AvgIpc) is 2.71. The van der Waals surface area contributed by atoms with Crippen LogP contribution in [0.25, 0.3) is 0 Å². The van der Waals surface area contributed by atoms with Crippen molar-refractivity contribution in [3.63, 3.8) is 0 Å². The molecule has 2 rings (SSSR count). The van der Waals surface area contributed by atoms with Crippen molar-refractivity contribution in [3.05, 3.63) is 53.6 Å². The molecule has 6 heteroatoms. The normalized spacial score (nSPS) is 11.0. The fraction of sp³-hybridized carbons (Fsp3) is 0.381. The van der Waals surface area contributed by atoms with Crippen LogP contribution in [0.5, 0.6) is 17.2 Å². The smallest absolute Gasteiger partial charge is 0.191 e. The molecule has 0 spiro atoms. The first-order chi connectivity index (χ1) is 13.2.